The number of fused-ring (bicyclic) bond motifs is 1. The largest absolute Gasteiger partial charge is 0.454 e. The molecule has 23 atom stereocenters. The Labute approximate surface area is 374 Å². The lowest BCUT2D eigenvalue weighted by molar-refractivity contribution is -0.371. The first-order valence-electron chi connectivity index (χ1n) is 22.8. The molecular formula is C42H69O23+. The van der Waals surface area contributed by atoms with Crippen LogP contribution in [0.4, 0.5) is 0 Å². The van der Waals surface area contributed by atoms with Crippen molar-refractivity contribution in [3.63, 3.8) is 0 Å². The first kappa shape index (κ1) is 51.2. The third-order valence-corrected chi connectivity index (χ3v) is 14.4. The van der Waals surface area contributed by atoms with Crippen LogP contribution in [0.1, 0.15) is 64.7 Å². The van der Waals surface area contributed by atoms with Crippen LogP contribution in [0.15, 0.2) is 12.2 Å². The maximum atomic E-state index is 12.7. The fourth-order valence-corrected chi connectivity index (χ4v) is 10.6. The van der Waals surface area contributed by atoms with Gasteiger partial charge in [0.1, 0.15) is 73.2 Å². The van der Waals surface area contributed by atoms with Crippen molar-refractivity contribution in [2.45, 2.75) is 212 Å². The number of rotatable bonds is 12. The number of carbonyl (C=O) groups is 1. The molecule has 0 aromatic carbocycles. The van der Waals surface area contributed by atoms with Crippen molar-refractivity contribution in [3.05, 3.63) is 12.2 Å². The van der Waals surface area contributed by atoms with E-state index in [1.807, 2.05) is 0 Å². The molecule has 8 unspecified atom stereocenters. The molecular weight excluding hydrogens is 872 g/mol. The first-order valence-corrected chi connectivity index (χ1v) is 22.8. The maximum absolute atomic E-state index is 12.7. The molecule has 0 radical (unpaired) electrons. The highest BCUT2D eigenvalue weighted by Gasteiger charge is 2.57. The number of allylic oxidation sites excluding steroid dienone is 1. The van der Waals surface area contributed by atoms with Crippen molar-refractivity contribution < 1.29 is 114 Å². The molecule has 7 aliphatic rings. The number of aliphatic hydroxyl groups excluding tert-OH is 14. The van der Waals surface area contributed by atoms with Gasteiger partial charge in [0.25, 0.3) is 0 Å². The number of carbonyl (C=O) groups excluding carboxylic acids is 1. The molecule has 7 fully saturated rings. The Bertz CT molecular complexity index is 1540. The molecule has 0 spiro atoms. The Hall–Kier alpha value is -1.63. The summed E-state index contributed by atoms with van der Waals surface area (Å²) in [7, 11) is 0. The van der Waals surface area contributed by atoms with Gasteiger partial charge >= 0.3 is 5.97 Å². The van der Waals surface area contributed by atoms with E-state index in [1.54, 1.807) is 6.08 Å². The molecule has 4 saturated heterocycles. The van der Waals surface area contributed by atoms with Crippen LogP contribution in [0.5, 0.6) is 0 Å². The summed E-state index contributed by atoms with van der Waals surface area (Å²) in [6, 6.07) is 0. The zero-order valence-corrected chi connectivity index (χ0v) is 36.0. The van der Waals surface area contributed by atoms with E-state index in [9.17, 15) is 76.3 Å². The van der Waals surface area contributed by atoms with Gasteiger partial charge in [0.2, 0.25) is 0 Å². The summed E-state index contributed by atoms with van der Waals surface area (Å²) in [6.07, 6.45) is -27.2. The highest BCUT2D eigenvalue weighted by Crippen LogP contribution is 2.44. The molecule has 3 aliphatic carbocycles. The highest BCUT2D eigenvalue weighted by atomic mass is 16.7. The topological polar surface area (TPSA) is 378 Å². The second-order valence-corrected chi connectivity index (χ2v) is 19.0. The Morgan fingerprint density at radius 3 is 1.83 bits per heavy atom. The van der Waals surface area contributed by atoms with Gasteiger partial charge in [-0.2, -0.15) is 0 Å². The molecule has 7 rings (SSSR count). The van der Waals surface area contributed by atoms with E-state index < -0.39 is 172 Å². The molecule has 23 nitrogen and oxygen atoms in total. The lowest BCUT2D eigenvalue weighted by atomic mass is 9.72. The van der Waals surface area contributed by atoms with Crippen LogP contribution in [-0.2, 0) is 38.0 Å². The number of ether oxygens (including phenoxy) is 8. The van der Waals surface area contributed by atoms with Crippen LogP contribution >= 0.6 is 0 Å². The molecule has 0 aromatic rings. The van der Waals surface area contributed by atoms with Crippen molar-refractivity contribution in [2.24, 2.45) is 17.8 Å². The van der Waals surface area contributed by atoms with Gasteiger partial charge in [0.05, 0.1) is 55.8 Å². The van der Waals surface area contributed by atoms with E-state index in [1.165, 1.54) is 13.0 Å². The van der Waals surface area contributed by atoms with Crippen molar-refractivity contribution in [2.75, 3.05) is 13.2 Å². The van der Waals surface area contributed by atoms with Gasteiger partial charge in [-0.15, -0.1) is 0 Å². The summed E-state index contributed by atoms with van der Waals surface area (Å²) in [6.45, 7) is 0.185. The predicted molar refractivity (Wildman–Crippen MR) is 213 cm³/mol. The van der Waals surface area contributed by atoms with Crippen molar-refractivity contribution >= 4 is 5.97 Å². The maximum Gasteiger partial charge on any atom is 0.330 e. The van der Waals surface area contributed by atoms with Gasteiger partial charge < -0.3 is 109 Å². The highest BCUT2D eigenvalue weighted by molar-refractivity contribution is 5.82. The third-order valence-electron chi connectivity index (χ3n) is 14.4. The molecule has 0 bridgehead atoms. The molecule has 4 heterocycles. The molecule has 4 aliphatic heterocycles. The van der Waals surface area contributed by atoms with Crippen molar-refractivity contribution in [1.82, 2.24) is 0 Å². The van der Waals surface area contributed by atoms with Crippen LogP contribution < -0.4 is 0 Å². The molecule has 374 valence electrons. The summed E-state index contributed by atoms with van der Waals surface area (Å²) in [4.78, 5) is 12.7. The minimum atomic E-state index is -1.88. The minimum absolute atomic E-state index is 0.00148. The van der Waals surface area contributed by atoms with E-state index >= 15 is 0 Å². The number of aliphatic hydroxyl groups is 16. The average molecular weight is 942 g/mol. The van der Waals surface area contributed by atoms with Crippen molar-refractivity contribution in [1.29, 1.82) is 0 Å². The van der Waals surface area contributed by atoms with Gasteiger partial charge in [-0.25, -0.2) is 4.79 Å². The minimum Gasteiger partial charge on any atom is -0.454 e. The van der Waals surface area contributed by atoms with Crippen LogP contribution in [0.25, 0.3) is 0 Å². The van der Waals surface area contributed by atoms with Crippen LogP contribution in [0, 0.1) is 17.8 Å². The summed E-state index contributed by atoms with van der Waals surface area (Å²) in [5.74, 6) is -1.93. The Morgan fingerprint density at radius 1 is 0.615 bits per heavy atom. The smallest absolute Gasteiger partial charge is 0.330 e. The van der Waals surface area contributed by atoms with E-state index in [0.29, 0.717) is 25.7 Å². The van der Waals surface area contributed by atoms with Gasteiger partial charge in [0.15, 0.2) is 37.2 Å². The van der Waals surface area contributed by atoms with E-state index in [4.69, 9.17) is 37.9 Å². The predicted octanol–water partition coefficient (Wildman–Crippen LogP) is -6.20. The van der Waals surface area contributed by atoms with E-state index in [-0.39, 0.29) is 44.1 Å². The van der Waals surface area contributed by atoms with Crippen LogP contribution in [0.3, 0.4) is 0 Å². The van der Waals surface area contributed by atoms with Gasteiger partial charge in [-0.05, 0) is 57.8 Å². The van der Waals surface area contributed by atoms with Crippen molar-refractivity contribution in [3.8, 4) is 0 Å². The second kappa shape index (κ2) is 22.0. The normalized spacial score (nSPS) is 52.2. The molecule has 0 amide bonds. The molecule has 0 aromatic heterocycles. The van der Waals surface area contributed by atoms with Crippen LogP contribution in [-0.4, -0.2) is 242 Å². The average Bonchev–Trinajstić information content (AvgIpc) is 3.27. The summed E-state index contributed by atoms with van der Waals surface area (Å²) >= 11 is 0. The SMILES string of the molecule is C[C@@H]1O[C@@H](OC[C@H]2O[C@@H](OC3CC4C(O[C@@H]5O[C@H](CO)[C@@H](O)[C@H](O)[C@H]5O)CC(O)CC4[OH+]C3C3CC(O)C(O)C(O)C3)[C@H](O)[C@@H](O)[C@@H]2O)[C@H](O)[C@H](O)[C@H]1OC(=O)C=CC1CCC(O)CC1. The quantitative estimate of drug-likeness (QED) is 0.0492. The standard InChI is InChI=1S/C42H68O23/c1-15-38(65-28(48)7-4-16-2-5-18(44)6-3-16)34(54)37(57)40(59-15)58-14-27-31(51)33(53)36(56)42(64-27)62-25-12-20-23(60-39(25)17-8-21(46)29(49)22(47)9-17)10-19(45)11-24(20)61-41-35(55)32(52)30(50)26(13-43)63-41/h4,7,15-27,29-47,49-57H,2-3,5-6,8-14H2,1H3/p+1/t15-,16?,17?,18?,19?,20?,21?,22?,23?,24?,25?,26+,27+,29?,30+,31+,32-,33-,34-,35+,36+,37+,38-,39?,40+,41+,42+/m0/s1. The first-order chi connectivity index (χ1) is 30.8. The zero-order valence-electron chi connectivity index (χ0n) is 36.0. The summed E-state index contributed by atoms with van der Waals surface area (Å²) in [5, 5.41) is 149. The van der Waals surface area contributed by atoms with E-state index in [2.05, 4.69) is 0 Å². The lowest BCUT2D eigenvalue weighted by Gasteiger charge is -2.50. The zero-order chi connectivity index (χ0) is 47.0. The lowest BCUT2D eigenvalue weighted by Crippen LogP contribution is -2.64. The second-order valence-electron chi connectivity index (χ2n) is 19.0. The van der Waals surface area contributed by atoms with Gasteiger partial charge in [-0.1, -0.05) is 6.08 Å². The molecule has 3 saturated carbocycles. The summed E-state index contributed by atoms with van der Waals surface area (Å²) < 4.78 is 46.1. The molecule has 15 N–H and O–H groups in total. The third kappa shape index (κ3) is 11.5. The van der Waals surface area contributed by atoms with Gasteiger partial charge in [-0.3, -0.25) is 0 Å². The monoisotopic (exact) mass is 941 g/mol. The number of esters is 1. The fraction of sp³-hybridized carbons (Fsp3) is 0.929. The van der Waals surface area contributed by atoms with Gasteiger partial charge in [0, 0.05) is 24.8 Å². The van der Waals surface area contributed by atoms with E-state index in [0.717, 1.165) is 0 Å². The Morgan fingerprint density at radius 2 is 1.20 bits per heavy atom. The summed E-state index contributed by atoms with van der Waals surface area (Å²) in [5.41, 5.74) is 0. The molecule has 23 heteroatoms. The fourth-order valence-electron chi connectivity index (χ4n) is 10.6. The number of hydrogen-bond acceptors (Lipinski definition) is 22. The molecule has 65 heavy (non-hydrogen) atoms. The Balaban J connectivity index is 1.02. The van der Waals surface area contributed by atoms with Crippen LogP contribution in [0.2, 0.25) is 0 Å². The number of hydrogen-bond donors (Lipinski definition) is 14. The Kier molecular flexibility index (Phi) is 17.3.